The summed E-state index contributed by atoms with van der Waals surface area (Å²) >= 11 is 0. The normalized spacial score (nSPS) is 14.6. The minimum Gasteiger partial charge on any atom is -0.492 e. The molecule has 1 aliphatic carbocycles. The number of nitrogens with zero attached hydrogens (tertiary/aromatic N) is 1. The largest absolute Gasteiger partial charge is 0.492 e. The molecule has 3 heteroatoms. The second-order valence-electron chi connectivity index (χ2n) is 3.27. The Kier molecular flexibility index (Phi) is 2.28. The van der Waals surface area contributed by atoms with Crippen molar-refractivity contribution in [2.24, 2.45) is 0 Å². The Morgan fingerprint density at radius 2 is 2.21 bits per heavy atom. The van der Waals surface area contributed by atoms with Crippen molar-refractivity contribution in [3.8, 4) is 17.6 Å². The lowest BCUT2D eigenvalue weighted by molar-refractivity contribution is 0.282. The summed E-state index contributed by atoms with van der Waals surface area (Å²) < 4.78 is 10.8. The van der Waals surface area contributed by atoms with Crippen LogP contribution in [0.4, 0.5) is 0 Å². The topological polar surface area (TPSA) is 42.2 Å². The van der Waals surface area contributed by atoms with Gasteiger partial charge in [0.05, 0.1) is 18.8 Å². The van der Waals surface area contributed by atoms with Gasteiger partial charge in [-0.3, -0.25) is 0 Å². The first-order valence-electron chi connectivity index (χ1n) is 4.59. The Balaban J connectivity index is 2.32. The molecule has 0 saturated heterocycles. The van der Waals surface area contributed by atoms with Crippen LogP contribution < -0.4 is 9.47 Å². The Morgan fingerprint density at radius 1 is 1.43 bits per heavy atom. The van der Waals surface area contributed by atoms with Gasteiger partial charge in [-0.2, -0.15) is 5.26 Å². The smallest absolute Gasteiger partial charge is 0.178 e. The number of hydrogen-bond donors (Lipinski definition) is 0. The van der Waals surface area contributed by atoms with Gasteiger partial charge in [-0.1, -0.05) is 6.07 Å². The molecule has 0 aromatic heterocycles. The highest BCUT2D eigenvalue weighted by molar-refractivity contribution is 5.52. The Bertz CT molecular complexity index is 377. The molecule has 0 unspecified atom stereocenters. The first-order valence-corrected chi connectivity index (χ1v) is 4.59. The summed E-state index contributed by atoms with van der Waals surface area (Å²) in [6, 6.07) is 7.43. The van der Waals surface area contributed by atoms with Crippen LogP contribution in [0.25, 0.3) is 0 Å². The van der Waals surface area contributed by atoms with E-state index in [9.17, 15) is 0 Å². The van der Waals surface area contributed by atoms with E-state index in [-0.39, 0.29) is 0 Å². The third-order valence-corrected chi connectivity index (χ3v) is 2.12. The lowest BCUT2D eigenvalue weighted by atomic mass is 10.2. The molecule has 1 fully saturated rings. The zero-order valence-corrected chi connectivity index (χ0v) is 7.99. The van der Waals surface area contributed by atoms with Gasteiger partial charge in [-0.25, -0.2) is 0 Å². The average Bonchev–Trinajstić information content (AvgIpc) is 3.01. The van der Waals surface area contributed by atoms with Crippen LogP contribution in [-0.2, 0) is 0 Å². The van der Waals surface area contributed by atoms with E-state index in [1.165, 1.54) is 0 Å². The second-order valence-corrected chi connectivity index (χ2v) is 3.27. The molecule has 1 aromatic carbocycles. The molecule has 0 spiro atoms. The Hall–Kier alpha value is -1.69. The lowest BCUT2D eigenvalue weighted by Crippen LogP contribution is -1.99. The van der Waals surface area contributed by atoms with Crippen molar-refractivity contribution in [3.05, 3.63) is 23.8 Å². The van der Waals surface area contributed by atoms with Gasteiger partial charge in [0.2, 0.25) is 0 Å². The highest BCUT2D eigenvalue weighted by atomic mass is 16.5. The monoisotopic (exact) mass is 189 g/mol. The number of para-hydroxylation sites is 1. The van der Waals surface area contributed by atoms with Gasteiger partial charge in [-0.15, -0.1) is 0 Å². The van der Waals surface area contributed by atoms with Crippen LogP contribution in [0, 0.1) is 11.3 Å². The van der Waals surface area contributed by atoms with E-state index in [1.807, 2.05) is 6.07 Å². The molecular weight excluding hydrogens is 178 g/mol. The fourth-order valence-corrected chi connectivity index (χ4v) is 1.27. The summed E-state index contributed by atoms with van der Waals surface area (Å²) in [5, 5.41) is 8.84. The van der Waals surface area contributed by atoms with Gasteiger partial charge in [0.25, 0.3) is 0 Å². The minimum absolute atomic E-state index is 0.317. The van der Waals surface area contributed by atoms with Gasteiger partial charge in [0.15, 0.2) is 11.5 Å². The van der Waals surface area contributed by atoms with Gasteiger partial charge in [0.1, 0.15) is 6.07 Å². The number of hydrogen-bond acceptors (Lipinski definition) is 3. The van der Waals surface area contributed by atoms with E-state index in [0.29, 0.717) is 23.2 Å². The fourth-order valence-electron chi connectivity index (χ4n) is 1.27. The fraction of sp³-hybridized carbons (Fsp3) is 0.364. The van der Waals surface area contributed by atoms with Crippen LogP contribution in [0.1, 0.15) is 18.4 Å². The van der Waals surface area contributed by atoms with Crippen molar-refractivity contribution >= 4 is 0 Å². The summed E-state index contributed by atoms with van der Waals surface area (Å²) in [5.74, 6) is 1.22. The lowest BCUT2D eigenvalue weighted by Gasteiger charge is -2.10. The summed E-state index contributed by atoms with van der Waals surface area (Å²) in [5.41, 5.74) is 0.519. The molecule has 1 saturated carbocycles. The highest BCUT2D eigenvalue weighted by Gasteiger charge is 2.25. The average molecular weight is 189 g/mol. The number of rotatable bonds is 3. The molecule has 0 heterocycles. The van der Waals surface area contributed by atoms with Crippen LogP contribution in [0.15, 0.2) is 18.2 Å². The SMILES string of the molecule is COc1c(C#N)cccc1OC1CC1. The standard InChI is InChI=1S/C11H11NO2/c1-13-11-8(7-12)3-2-4-10(11)14-9-5-6-9/h2-4,9H,5-6H2,1H3. The van der Waals surface area contributed by atoms with Crippen molar-refractivity contribution in [2.45, 2.75) is 18.9 Å². The van der Waals surface area contributed by atoms with E-state index in [1.54, 1.807) is 19.2 Å². The molecule has 0 radical (unpaired) electrons. The highest BCUT2D eigenvalue weighted by Crippen LogP contribution is 2.35. The quantitative estimate of drug-likeness (QED) is 0.731. The van der Waals surface area contributed by atoms with Gasteiger partial charge >= 0.3 is 0 Å². The maximum atomic E-state index is 8.84. The predicted octanol–water partition coefficient (Wildman–Crippen LogP) is 2.11. The first kappa shape index (κ1) is 8.89. The maximum absolute atomic E-state index is 8.84. The summed E-state index contributed by atoms with van der Waals surface area (Å²) in [4.78, 5) is 0. The number of nitriles is 1. The number of ether oxygens (including phenoxy) is 2. The molecule has 1 aromatic rings. The molecule has 72 valence electrons. The van der Waals surface area contributed by atoms with Crippen molar-refractivity contribution in [3.63, 3.8) is 0 Å². The van der Waals surface area contributed by atoms with Crippen LogP contribution in [0.5, 0.6) is 11.5 Å². The maximum Gasteiger partial charge on any atom is 0.178 e. The Labute approximate surface area is 82.9 Å². The predicted molar refractivity (Wildman–Crippen MR) is 51.4 cm³/mol. The molecule has 1 aliphatic rings. The van der Waals surface area contributed by atoms with Crippen molar-refractivity contribution < 1.29 is 9.47 Å². The molecule has 2 rings (SSSR count). The van der Waals surface area contributed by atoms with E-state index in [0.717, 1.165) is 12.8 Å². The van der Waals surface area contributed by atoms with E-state index >= 15 is 0 Å². The molecular formula is C11H11NO2. The molecule has 0 aliphatic heterocycles. The van der Waals surface area contributed by atoms with Crippen LogP contribution in [0.3, 0.4) is 0 Å². The van der Waals surface area contributed by atoms with E-state index < -0.39 is 0 Å². The van der Waals surface area contributed by atoms with Crippen LogP contribution in [0.2, 0.25) is 0 Å². The molecule has 14 heavy (non-hydrogen) atoms. The van der Waals surface area contributed by atoms with Crippen molar-refractivity contribution in [1.82, 2.24) is 0 Å². The third-order valence-electron chi connectivity index (χ3n) is 2.12. The second kappa shape index (κ2) is 3.59. The van der Waals surface area contributed by atoms with Crippen molar-refractivity contribution in [1.29, 1.82) is 5.26 Å². The van der Waals surface area contributed by atoms with Crippen LogP contribution >= 0.6 is 0 Å². The van der Waals surface area contributed by atoms with E-state index in [4.69, 9.17) is 14.7 Å². The van der Waals surface area contributed by atoms with Gasteiger partial charge < -0.3 is 9.47 Å². The number of benzene rings is 1. The molecule has 0 bridgehead atoms. The summed E-state index contributed by atoms with van der Waals surface area (Å²) in [6.07, 6.45) is 2.51. The molecule has 0 atom stereocenters. The zero-order valence-electron chi connectivity index (χ0n) is 7.99. The number of methoxy groups -OCH3 is 1. The van der Waals surface area contributed by atoms with Gasteiger partial charge in [-0.05, 0) is 25.0 Å². The van der Waals surface area contributed by atoms with Crippen molar-refractivity contribution in [2.75, 3.05) is 7.11 Å². The Morgan fingerprint density at radius 3 is 2.79 bits per heavy atom. The molecule has 0 N–H and O–H groups in total. The van der Waals surface area contributed by atoms with Gasteiger partial charge in [0, 0.05) is 0 Å². The summed E-state index contributed by atoms with van der Waals surface area (Å²) in [6.45, 7) is 0. The van der Waals surface area contributed by atoms with E-state index in [2.05, 4.69) is 6.07 Å². The summed E-state index contributed by atoms with van der Waals surface area (Å²) in [7, 11) is 1.55. The first-order chi connectivity index (χ1) is 6.85. The van der Waals surface area contributed by atoms with Crippen LogP contribution in [-0.4, -0.2) is 13.2 Å². The molecule has 3 nitrogen and oxygen atoms in total. The third kappa shape index (κ3) is 1.64. The molecule has 0 amide bonds. The minimum atomic E-state index is 0.317. The zero-order chi connectivity index (χ0) is 9.97.